The van der Waals surface area contributed by atoms with Crippen molar-refractivity contribution in [3.63, 3.8) is 0 Å². The van der Waals surface area contributed by atoms with Gasteiger partial charge in [0, 0.05) is 5.56 Å². The Morgan fingerprint density at radius 3 is 2.16 bits per heavy atom. The van der Waals surface area contributed by atoms with Crippen LogP contribution in [-0.4, -0.2) is 21.3 Å². The molecule has 0 aliphatic carbocycles. The van der Waals surface area contributed by atoms with Gasteiger partial charge in [0.2, 0.25) is 5.75 Å². The van der Waals surface area contributed by atoms with Gasteiger partial charge < -0.3 is 14.2 Å². The summed E-state index contributed by atoms with van der Waals surface area (Å²) in [6, 6.07) is 3.82. The Hall–Kier alpha value is -1.46. The van der Waals surface area contributed by atoms with Crippen LogP contribution in [0.1, 0.15) is 31.9 Å². The second-order valence-corrected chi connectivity index (χ2v) is 4.45. The standard InChI is InChI=1S/C14H24N2O3/c1-6-9(2)12(16-15)10-7-8-11(17-3)14(19-5)13(10)18-4/h7-9,12,16H,6,15H2,1-5H3. The lowest BCUT2D eigenvalue weighted by atomic mass is 9.92. The van der Waals surface area contributed by atoms with Gasteiger partial charge >= 0.3 is 0 Å². The van der Waals surface area contributed by atoms with Gasteiger partial charge in [-0.2, -0.15) is 0 Å². The van der Waals surface area contributed by atoms with Crippen LogP contribution in [0.25, 0.3) is 0 Å². The molecule has 0 heterocycles. The van der Waals surface area contributed by atoms with E-state index >= 15 is 0 Å². The monoisotopic (exact) mass is 268 g/mol. The van der Waals surface area contributed by atoms with Crippen molar-refractivity contribution in [3.8, 4) is 17.2 Å². The Morgan fingerprint density at radius 1 is 1.11 bits per heavy atom. The normalized spacial score (nSPS) is 13.8. The van der Waals surface area contributed by atoms with Crippen LogP contribution in [0.4, 0.5) is 0 Å². The van der Waals surface area contributed by atoms with E-state index in [4.69, 9.17) is 20.1 Å². The summed E-state index contributed by atoms with van der Waals surface area (Å²) < 4.78 is 16.2. The van der Waals surface area contributed by atoms with Crippen LogP contribution in [0.3, 0.4) is 0 Å². The molecule has 1 aromatic carbocycles. The average molecular weight is 268 g/mol. The van der Waals surface area contributed by atoms with Crippen LogP contribution in [-0.2, 0) is 0 Å². The van der Waals surface area contributed by atoms with Gasteiger partial charge in [-0.05, 0) is 18.1 Å². The zero-order valence-electron chi connectivity index (χ0n) is 12.3. The molecule has 1 rings (SSSR count). The van der Waals surface area contributed by atoms with Gasteiger partial charge in [0.05, 0.1) is 27.4 Å². The molecular formula is C14H24N2O3. The predicted octanol–water partition coefficient (Wildman–Crippen LogP) is 2.26. The molecule has 2 atom stereocenters. The number of rotatable bonds is 7. The number of hydrazine groups is 1. The topological polar surface area (TPSA) is 65.7 Å². The third-order valence-electron chi connectivity index (χ3n) is 3.46. The summed E-state index contributed by atoms with van der Waals surface area (Å²) in [7, 11) is 4.81. The Bertz CT molecular complexity index is 410. The molecule has 3 N–H and O–H groups in total. The highest BCUT2D eigenvalue weighted by Gasteiger charge is 2.24. The van der Waals surface area contributed by atoms with Crippen LogP contribution < -0.4 is 25.5 Å². The quantitative estimate of drug-likeness (QED) is 0.586. The lowest BCUT2D eigenvalue weighted by Crippen LogP contribution is -2.32. The molecule has 0 fully saturated rings. The molecule has 5 heteroatoms. The fraction of sp³-hybridized carbons (Fsp3) is 0.571. The molecule has 0 saturated heterocycles. The minimum Gasteiger partial charge on any atom is -0.493 e. The minimum atomic E-state index is -0.000226. The average Bonchev–Trinajstić information content (AvgIpc) is 2.46. The van der Waals surface area contributed by atoms with Crippen LogP contribution in [0.15, 0.2) is 12.1 Å². The van der Waals surface area contributed by atoms with E-state index in [-0.39, 0.29) is 6.04 Å². The molecule has 0 saturated carbocycles. The van der Waals surface area contributed by atoms with E-state index < -0.39 is 0 Å². The van der Waals surface area contributed by atoms with Gasteiger partial charge in [0.15, 0.2) is 11.5 Å². The molecule has 19 heavy (non-hydrogen) atoms. The summed E-state index contributed by atoms with van der Waals surface area (Å²) >= 11 is 0. The van der Waals surface area contributed by atoms with E-state index in [1.165, 1.54) is 0 Å². The molecule has 2 unspecified atom stereocenters. The summed E-state index contributed by atoms with van der Waals surface area (Å²) in [5, 5.41) is 0. The van der Waals surface area contributed by atoms with Crippen LogP contribution in [0.2, 0.25) is 0 Å². The van der Waals surface area contributed by atoms with Crippen molar-refractivity contribution in [2.24, 2.45) is 11.8 Å². The van der Waals surface area contributed by atoms with Crippen molar-refractivity contribution in [2.75, 3.05) is 21.3 Å². The van der Waals surface area contributed by atoms with Gasteiger partial charge in [-0.1, -0.05) is 20.3 Å². The molecule has 0 radical (unpaired) electrons. The fourth-order valence-corrected chi connectivity index (χ4v) is 2.17. The Kier molecular flexibility index (Phi) is 5.92. The number of benzene rings is 1. The first-order valence-electron chi connectivity index (χ1n) is 6.39. The number of methoxy groups -OCH3 is 3. The van der Waals surface area contributed by atoms with Crippen molar-refractivity contribution < 1.29 is 14.2 Å². The molecule has 108 valence electrons. The number of hydrogen-bond acceptors (Lipinski definition) is 5. The second-order valence-electron chi connectivity index (χ2n) is 4.45. The zero-order valence-corrected chi connectivity index (χ0v) is 12.3. The first kappa shape index (κ1) is 15.6. The number of ether oxygens (including phenoxy) is 3. The van der Waals surface area contributed by atoms with Crippen molar-refractivity contribution in [3.05, 3.63) is 17.7 Å². The van der Waals surface area contributed by atoms with E-state index in [0.29, 0.717) is 23.2 Å². The van der Waals surface area contributed by atoms with E-state index in [2.05, 4.69) is 19.3 Å². The van der Waals surface area contributed by atoms with Gasteiger partial charge in [-0.15, -0.1) is 0 Å². The van der Waals surface area contributed by atoms with Crippen LogP contribution >= 0.6 is 0 Å². The van der Waals surface area contributed by atoms with E-state index in [9.17, 15) is 0 Å². The maximum Gasteiger partial charge on any atom is 0.203 e. The molecule has 0 bridgehead atoms. The number of hydrogen-bond donors (Lipinski definition) is 2. The maximum atomic E-state index is 5.69. The van der Waals surface area contributed by atoms with Crippen molar-refractivity contribution in [1.29, 1.82) is 0 Å². The lowest BCUT2D eigenvalue weighted by molar-refractivity contribution is 0.310. The number of nitrogens with one attached hydrogen (secondary N) is 1. The Balaban J connectivity index is 3.34. The minimum absolute atomic E-state index is 0.000226. The molecular weight excluding hydrogens is 244 g/mol. The fourth-order valence-electron chi connectivity index (χ4n) is 2.17. The second kappa shape index (κ2) is 7.21. The summed E-state index contributed by atoms with van der Waals surface area (Å²) in [5.41, 5.74) is 3.83. The number of nitrogens with two attached hydrogens (primary N) is 1. The molecule has 0 aliphatic rings. The maximum absolute atomic E-state index is 5.69. The third-order valence-corrected chi connectivity index (χ3v) is 3.46. The first-order chi connectivity index (χ1) is 9.14. The van der Waals surface area contributed by atoms with E-state index in [0.717, 1.165) is 12.0 Å². The van der Waals surface area contributed by atoms with Gasteiger partial charge in [-0.25, -0.2) is 0 Å². The Morgan fingerprint density at radius 2 is 1.74 bits per heavy atom. The summed E-state index contributed by atoms with van der Waals surface area (Å²) in [5.74, 6) is 7.95. The molecule has 0 aromatic heterocycles. The van der Waals surface area contributed by atoms with Gasteiger partial charge in [0.25, 0.3) is 0 Å². The molecule has 5 nitrogen and oxygen atoms in total. The molecule has 0 spiro atoms. The first-order valence-corrected chi connectivity index (χ1v) is 6.39. The molecule has 0 amide bonds. The molecule has 1 aromatic rings. The lowest BCUT2D eigenvalue weighted by Gasteiger charge is -2.25. The highest BCUT2D eigenvalue weighted by atomic mass is 16.5. The van der Waals surface area contributed by atoms with E-state index in [1.54, 1.807) is 21.3 Å². The molecule has 0 aliphatic heterocycles. The van der Waals surface area contributed by atoms with Crippen molar-refractivity contribution >= 4 is 0 Å². The summed E-state index contributed by atoms with van der Waals surface area (Å²) in [4.78, 5) is 0. The Labute approximate surface area is 115 Å². The third kappa shape index (κ3) is 3.11. The van der Waals surface area contributed by atoms with Gasteiger partial charge in [-0.3, -0.25) is 11.3 Å². The summed E-state index contributed by atoms with van der Waals surface area (Å²) in [6.45, 7) is 4.27. The van der Waals surface area contributed by atoms with E-state index in [1.807, 2.05) is 12.1 Å². The highest BCUT2D eigenvalue weighted by Crippen LogP contribution is 2.43. The SMILES string of the molecule is CCC(C)C(NN)c1ccc(OC)c(OC)c1OC. The van der Waals surface area contributed by atoms with Crippen molar-refractivity contribution in [1.82, 2.24) is 5.43 Å². The van der Waals surface area contributed by atoms with Crippen LogP contribution in [0.5, 0.6) is 17.2 Å². The summed E-state index contributed by atoms with van der Waals surface area (Å²) in [6.07, 6.45) is 1.01. The smallest absolute Gasteiger partial charge is 0.203 e. The van der Waals surface area contributed by atoms with Crippen LogP contribution in [0, 0.1) is 5.92 Å². The predicted molar refractivity (Wildman–Crippen MR) is 75.6 cm³/mol. The van der Waals surface area contributed by atoms with Gasteiger partial charge in [0.1, 0.15) is 0 Å². The highest BCUT2D eigenvalue weighted by molar-refractivity contribution is 5.56. The van der Waals surface area contributed by atoms with Crippen molar-refractivity contribution in [2.45, 2.75) is 26.3 Å². The largest absolute Gasteiger partial charge is 0.493 e. The zero-order chi connectivity index (χ0) is 14.4.